The fourth-order valence-corrected chi connectivity index (χ4v) is 2.35. The molecule has 0 aliphatic heterocycles. The topological polar surface area (TPSA) is 55.1 Å². The maximum atomic E-state index is 11.1. The summed E-state index contributed by atoms with van der Waals surface area (Å²) in [5.74, 6) is -0.303. The average Bonchev–Trinajstić information content (AvgIpc) is 2.79. The zero-order valence-corrected chi connectivity index (χ0v) is 12.3. The van der Waals surface area contributed by atoms with E-state index in [1.165, 1.54) is 5.56 Å². The molecule has 1 aromatic heterocycles. The lowest BCUT2D eigenvalue weighted by molar-refractivity contribution is 0.0696. The van der Waals surface area contributed by atoms with Gasteiger partial charge in [0.15, 0.2) is 0 Å². The lowest BCUT2D eigenvalue weighted by Gasteiger charge is -2.11. The highest BCUT2D eigenvalue weighted by atomic mass is 16.4. The summed E-state index contributed by atoms with van der Waals surface area (Å²) in [5, 5.41) is 13.5. The highest BCUT2D eigenvalue weighted by Crippen LogP contribution is 2.21. The predicted octanol–water partition coefficient (Wildman–Crippen LogP) is 3.39. The fraction of sp³-hybridized carbons (Fsp3) is 0.375. The second kappa shape index (κ2) is 5.49. The summed E-state index contributed by atoms with van der Waals surface area (Å²) in [5.41, 5.74) is 4.21. The van der Waals surface area contributed by atoms with Gasteiger partial charge in [0, 0.05) is 6.20 Å². The Morgan fingerprint density at radius 1 is 1.30 bits per heavy atom. The summed E-state index contributed by atoms with van der Waals surface area (Å²) in [4.78, 5) is 11.1. The minimum atomic E-state index is -0.891. The van der Waals surface area contributed by atoms with Gasteiger partial charge in [-0.15, -0.1) is 0 Å². The van der Waals surface area contributed by atoms with Crippen molar-refractivity contribution in [3.8, 4) is 5.69 Å². The van der Waals surface area contributed by atoms with Gasteiger partial charge in [0.25, 0.3) is 0 Å². The molecule has 4 heteroatoms. The molecular weight excluding hydrogens is 252 g/mol. The zero-order valence-electron chi connectivity index (χ0n) is 12.3. The summed E-state index contributed by atoms with van der Waals surface area (Å²) < 4.78 is 1.83. The monoisotopic (exact) mass is 272 g/mol. The lowest BCUT2D eigenvalue weighted by Crippen LogP contribution is -2.05. The molecule has 0 atom stereocenters. The number of hydrogen-bond acceptors (Lipinski definition) is 2. The molecule has 0 saturated carbocycles. The normalized spacial score (nSPS) is 11.1. The largest absolute Gasteiger partial charge is 0.478 e. The smallest absolute Gasteiger partial charge is 0.335 e. The van der Waals surface area contributed by atoms with Crippen molar-refractivity contribution in [3.05, 3.63) is 46.8 Å². The molecule has 2 rings (SSSR count). The standard InChI is InChI=1S/C16H20N2O2/c1-10(2)7-13-8-17-18(9-13)15-6-5-14(16(19)20)11(3)12(15)4/h5-6,8-10H,7H2,1-4H3,(H,19,20). The van der Waals surface area contributed by atoms with Crippen LogP contribution >= 0.6 is 0 Å². The maximum Gasteiger partial charge on any atom is 0.335 e. The zero-order chi connectivity index (χ0) is 14.9. The molecule has 1 N–H and O–H groups in total. The van der Waals surface area contributed by atoms with Crippen molar-refractivity contribution in [1.82, 2.24) is 9.78 Å². The van der Waals surface area contributed by atoms with Crippen LogP contribution in [0.2, 0.25) is 0 Å². The lowest BCUT2D eigenvalue weighted by atomic mass is 10.0. The second-order valence-electron chi connectivity index (χ2n) is 5.58. The van der Waals surface area contributed by atoms with Crippen LogP contribution in [0.4, 0.5) is 0 Å². The molecule has 0 unspecified atom stereocenters. The van der Waals surface area contributed by atoms with Gasteiger partial charge >= 0.3 is 5.97 Å². The van der Waals surface area contributed by atoms with E-state index >= 15 is 0 Å². The quantitative estimate of drug-likeness (QED) is 0.928. The summed E-state index contributed by atoms with van der Waals surface area (Å²) in [7, 11) is 0. The number of hydrogen-bond donors (Lipinski definition) is 1. The Morgan fingerprint density at radius 3 is 2.60 bits per heavy atom. The Bertz CT molecular complexity index is 642. The minimum Gasteiger partial charge on any atom is -0.478 e. The molecule has 0 amide bonds. The number of carbonyl (C=O) groups is 1. The van der Waals surface area contributed by atoms with E-state index in [0.717, 1.165) is 23.2 Å². The Kier molecular flexibility index (Phi) is 3.93. The van der Waals surface area contributed by atoms with Gasteiger partial charge in [-0.3, -0.25) is 0 Å². The van der Waals surface area contributed by atoms with Crippen molar-refractivity contribution in [1.29, 1.82) is 0 Å². The molecule has 4 nitrogen and oxygen atoms in total. The van der Waals surface area contributed by atoms with E-state index in [-0.39, 0.29) is 0 Å². The summed E-state index contributed by atoms with van der Waals surface area (Å²) >= 11 is 0. The van der Waals surface area contributed by atoms with E-state index in [4.69, 9.17) is 5.11 Å². The van der Waals surface area contributed by atoms with Crippen LogP contribution in [-0.2, 0) is 6.42 Å². The molecule has 2 aromatic rings. The minimum absolute atomic E-state index is 0.348. The van der Waals surface area contributed by atoms with Crippen molar-refractivity contribution >= 4 is 5.97 Å². The van der Waals surface area contributed by atoms with Gasteiger partial charge in [-0.05, 0) is 55.0 Å². The molecule has 0 radical (unpaired) electrons. The van der Waals surface area contributed by atoms with Crippen LogP contribution in [-0.4, -0.2) is 20.9 Å². The van der Waals surface area contributed by atoms with Crippen molar-refractivity contribution < 1.29 is 9.90 Å². The molecule has 20 heavy (non-hydrogen) atoms. The van der Waals surface area contributed by atoms with Crippen molar-refractivity contribution in [2.75, 3.05) is 0 Å². The second-order valence-corrected chi connectivity index (χ2v) is 5.58. The number of rotatable bonds is 4. The van der Waals surface area contributed by atoms with Crippen LogP contribution in [0.3, 0.4) is 0 Å². The van der Waals surface area contributed by atoms with Crippen LogP contribution in [0.15, 0.2) is 24.5 Å². The van der Waals surface area contributed by atoms with Gasteiger partial charge in [0.1, 0.15) is 0 Å². The highest BCUT2D eigenvalue weighted by molar-refractivity contribution is 5.90. The van der Waals surface area contributed by atoms with Crippen LogP contribution in [0.25, 0.3) is 5.69 Å². The summed E-state index contributed by atoms with van der Waals surface area (Å²) in [6, 6.07) is 3.46. The molecule has 0 saturated heterocycles. The first-order valence-corrected chi connectivity index (χ1v) is 6.77. The number of aromatic carboxylic acids is 1. The Balaban J connectivity index is 2.41. The molecule has 0 spiro atoms. The molecular formula is C16H20N2O2. The molecule has 0 fully saturated rings. The van der Waals surface area contributed by atoms with Gasteiger partial charge in [-0.25, -0.2) is 9.48 Å². The summed E-state index contributed by atoms with van der Waals surface area (Å²) in [6.45, 7) is 8.12. The SMILES string of the molecule is Cc1c(C(=O)O)ccc(-n2cc(CC(C)C)cn2)c1C. The Hall–Kier alpha value is -2.10. The molecule has 106 valence electrons. The third kappa shape index (κ3) is 2.74. The molecule has 0 bridgehead atoms. The first kappa shape index (κ1) is 14.3. The fourth-order valence-electron chi connectivity index (χ4n) is 2.35. The third-order valence-electron chi connectivity index (χ3n) is 3.52. The Labute approximate surface area is 119 Å². The number of benzene rings is 1. The molecule has 0 aliphatic rings. The predicted molar refractivity (Wildman–Crippen MR) is 78.5 cm³/mol. The third-order valence-corrected chi connectivity index (χ3v) is 3.52. The van der Waals surface area contributed by atoms with Crippen molar-refractivity contribution in [2.45, 2.75) is 34.1 Å². The summed E-state index contributed by atoms with van der Waals surface area (Å²) in [6.07, 6.45) is 4.88. The van der Waals surface area contributed by atoms with Crippen molar-refractivity contribution in [2.24, 2.45) is 5.92 Å². The van der Waals surface area contributed by atoms with Gasteiger partial charge in [0.2, 0.25) is 0 Å². The number of aromatic nitrogens is 2. The van der Waals surface area contributed by atoms with E-state index in [2.05, 4.69) is 18.9 Å². The van der Waals surface area contributed by atoms with Gasteiger partial charge in [-0.1, -0.05) is 13.8 Å². The van der Waals surface area contributed by atoms with E-state index in [0.29, 0.717) is 11.5 Å². The highest BCUT2D eigenvalue weighted by Gasteiger charge is 2.13. The van der Waals surface area contributed by atoms with Gasteiger partial charge in [0.05, 0.1) is 17.4 Å². The average molecular weight is 272 g/mol. The van der Waals surface area contributed by atoms with Crippen LogP contribution in [0.1, 0.15) is 40.9 Å². The van der Waals surface area contributed by atoms with Gasteiger partial charge < -0.3 is 5.11 Å². The first-order chi connectivity index (χ1) is 9.40. The van der Waals surface area contributed by atoms with E-state index in [9.17, 15) is 4.79 Å². The van der Waals surface area contributed by atoms with Crippen molar-refractivity contribution in [3.63, 3.8) is 0 Å². The molecule has 1 heterocycles. The van der Waals surface area contributed by atoms with E-state index < -0.39 is 5.97 Å². The molecule has 0 aliphatic carbocycles. The van der Waals surface area contributed by atoms with E-state index in [1.807, 2.05) is 37.0 Å². The van der Waals surface area contributed by atoms with Crippen LogP contribution < -0.4 is 0 Å². The number of carboxylic acids is 1. The van der Waals surface area contributed by atoms with Gasteiger partial charge in [-0.2, -0.15) is 5.10 Å². The number of nitrogens with zero attached hydrogens (tertiary/aromatic N) is 2. The van der Waals surface area contributed by atoms with Crippen LogP contribution in [0, 0.1) is 19.8 Å². The van der Waals surface area contributed by atoms with Crippen LogP contribution in [0.5, 0.6) is 0 Å². The molecule has 1 aromatic carbocycles. The van der Waals surface area contributed by atoms with E-state index in [1.54, 1.807) is 6.07 Å². The Morgan fingerprint density at radius 2 is 2.00 bits per heavy atom. The maximum absolute atomic E-state index is 11.1. The first-order valence-electron chi connectivity index (χ1n) is 6.77. The number of carboxylic acid groups (broad SMARTS) is 1.